The molecule has 2 heterocycles. The molecule has 0 bridgehead atoms. The number of amides is 1. The maximum absolute atomic E-state index is 14.2. The number of aliphatic carboxylic acids is 1. The average Bonchev–Trinajstić information content (AvgIpc) is 3.11. The molecule has 1 aromatic heterocycles. The Hall–Kier alpha value is -2.12. The van der Waals surface area contributed by atoms with Crippen LogP contribution in [0.15, 0.2) is 24.3 Å². The molecule has 1 aromatic carbocycles. The number of alkyl halides is 1. The minimum atomic E-state index is -2.41. The van der Waals surface area contributed by atoms with Crippen molar-refractivity contribution in [2.75, 3.05) is 13.1 Å². The van der Waals surface area contributed by atoms with Crippen molar-refractivity contribution in [2.24, 2.45) is 0 Å². The van der Waals surface area contributed by atoms with Gasteiger partial charge in [-0.3, -0.25) is 4.79 Å². The number of likely N-dealkylation sites (tertiary alicyclic amines) is 1. The molecule has 1 fully saturated rings. The summed E-state index contributed by atoms with van der Waals surface area (Å²) < 4.78 is 15.6. The van der Waals surface area contributed by atoms with E-state index in [0.717, 1.165) is 4.90 Å². The van der Waals surface area contributed by atoms with E-state index in [1.807, 2.05) is 0 Å². The molecule has 1 saturated heterocycles. The monoisotopic (exact) mass is 385 g/mol. The maximum atomic E-state index is 14.2. The standard InChI is InChI=1S/C16H14Cl2FN3O3/c1-9-6-12(14(23)21-5-4-16(19,8-21)15(24)25)20-22(9)13-3-2-10(17)7-11(13)18/h2-3,6-7H,4-5,8H2,1H3,(H,24,25). The molecule has 3 rings (SSSR count). The Labute approximate surface area is 152 Å². The maximum Gasteiger partial charge on any atom is 0.343 e. The van der Waals surface area contributed by atoms with Gasteiger partial charge in [-0.25, -0.2) is 13.9 Å². The summed E-state index contributed by atoms with van der Waals surface area (Å²) >= 11 is 12.0. The molecule has 1 atom stereocenters. The fraction of sp³-hybridized carbons (Fsp3) is 0.312. The number of carboxylic acid groups (broad SMARTS) is 1. The van der Waals surface area contributed by atoms with E-state index in [1.54, 1.807) is 31.2 Å². The zero-order valence-electron chi connectivity index (χ0n) is 13.2. The van der Waals surface area contributed by atoms with Crippen molar-refractivity contribution in [1.29, 1.82) is 0 Å². The van der Waals surface area contributed by atoms with Crippen LogP contribution in [0.1, 0.15) is 22.6 Å². The third kappa shape index (κ3) is 3.21. The Balaban J connectivity index is 1.88. The van der Waals surface area contributed by atoms with Crippen molar-refractivity contribution in [3.05, 3.63) is 45.7 Å². The van der Waals surface area contributed by atoms with E-state index in [0.29, 0.717) is 21.4 Å². The highest BCUT2D eigenvalue weighted by molar-refractivity contribution is 6.35. The SMILES string of the molecule is Cc1cc(C(=O)N2CCC(F)(C(=O)O)C2)nn1-c1ccc(Cl)cc1Cl. The summed E-state index contributed by atoms with van der Waals surface area (Å²) in [5.41, 5.74) is -1.11. The van der Waals surface area contributed by atoms with E-state index in [2.05, 4.69) is 5.10 Å². The van der Waals surface area contributed by atoms with Crippen molar-refractivity contribution in [2.45, 2.75) is 19.0 Å². The van der Waals surface area contributed by atoms with Crippen molar-refractivity contribution in [3.8, 4) is 5.69 Å². The molecule has 132 valence electrons. The first kappa shape index (κ1) is 17.7. The van der Waals surface area contributed by atoms with Gasteiger partial charge in [0.2, 0.25) is 5.67 Å². The third-order valence-corrected chi connectivity index (χ3v) is 4.67. The molecule has 0 saturated carbocycles. The molecular weight excluding hydrogens is 372 g/mol. The van der Waals surface area contributed by atoms with E-state index in [9.17, 15) is 14.0 Å². The number of carbonyl (C=O) groups is 2. The number of hydrogen-bond donors (Lipinski definition) is 1. The number of rotatable bonds is 3. The second-order valence-corrected chi connectivity index (χ2v) is 6.77. The lowest BCUT2D eigenvalue weighted by Crippen LogP contribution is -2.39. The molecule has 25 heavy (non-hydrogen) atoms. The average molecular weight is 386 g/mol. The fourth-order valence-electron chi connectivity index (χ4n) is 2.76. The minimum Gasteiger partial charge on any atom is -0.479 e. The summed E-state index contributed by atoms with van der Waals surface area (Å²) in [6.07, 6.45) is -0.239. The summed E-state index contributed by atoms with van der Waals surface area (Å²) in [5.74, 6) is -2.08. The smallest absolute Gasteiger partial charge is 0.343 e. The van der Waals surface area contributed by atoms with E-state index in [1.165, 1.54) is 4.68 Å². The Kier molecular flexibility index (Phi) is 4.47. The van der Waals surface area contributed by atoms with Crippen LogP contribution in [0.4, 0.5) is 4.39 Å². The van der Waals surface area contributed by atoms with Crippen LogP contribution in [-0.2, 0) is 4.79 Å². The number of aryl methyl sites for hydroxylation is 1. The Bertz CT molecular complexity index is 870. The molecule has 2 aromatic rings. The van der Waals surface area contributed by atoms with Gasteiger partial charge in [-0.2, -0.15) is 5.10 Å². The highest BCUT2D eigenvalue weighted by Gasteiger charge is 2.47. The van der Waals surface area contributed by atoms with Gasteiger partial charge in [0.05, 0.1) is 17.3 Å². The first-order valence-electron chi connectivity index (χ1n) is 7.45. The molecule has 6 nitrogen and oxygen atoms in total. The van der Waals surface area contributed by atoms with Gasteiger partial charge >= 0.3 is 5.97 Å². The van der Waals surface area contributed by atoms with E-state index < -0.39 is 24.1 Å². The van der Waals surface area contributed by atoms with E-state index in [4.69, 9.17) is 28.3 Å². The second-order valence-electron chi connectivity index (χ2n) is 5.93. The molecule has 1 aliphatic heterocycles. The van der Waals surface area contributed by atoms with E-state index >= 15 is 0 Å². The summed E-state index contributed by atoms with van der Waals surface area (Å²) in [6, 6.07) is 6.43. The third-order valence-electron chi connectivity index (χ3n) is 4.13. The topological polar surface area (TPSA) is 75.4 Å². The van der Waals surface area contributed by atoms with Gasteiger partial charge in [-0.1, -0.05) is 23.2 Å². The summed E-state index contributed by atoms with van der Waals surface area (Å²) in [4.78, 5) is 24.7. The number of aromatic nitrogens is 2. The van der Waals surface area contributed by atoms with Crippen LogP contribution in [0.3, 0.4) is 0 Å². The zero-order chi connectivity index (χ0) is 18.4. The van der Waals surface area contributed by atoms with Gasteiger partial charge in [0.15, 0.2) is 5.69 Å². The largest absolute Gasteiger partial charge is 0.479 e. The van der Waals surface area contributed by atoms with Crippen LogP contribution in [0.25, 0.3) is 5.69 Å². The van der Waals surface area contributed by atoms with Gasteiger partial charge in [0, 0.05) is 23.7 Å². The Morgan fingerprint density at radius 2 is 2.04 bits per heavy atom. The molecule has 0 radical (unpaired) electrons. The van der Waals surface area contributed by atoms with Gasteiger partial charge in [-0.05, 0) is 31.2 Å². The van der Waals surface area contributed by atoms with Crippen LogP contribution in [-0.4, -0.2) is 50.4 Å². The zero-order valence-corrected chi connectivity index (χ0v) is 14.7. The lowest BCUT2D eigenvalue weighted by atomic mass is 10.1. The number of nitrogens with zero attached hydrogens (tertiary/aromatic N) is 3. The van der Waals surface area contributed by atoms with Crippen molar-refractivity contribution < 1.29 is 19.1 Å². The first-order chi connectivity index (χ1) is 11.7. The molecule has 1 aliphatic rings. The van der Waals surface area contributed by atoms with Crippen LogP contribution in [0.2, 0.25) is 10.0 Å². The molecular formula is C16H14Cl2FN3O3. The summed E-state index contributed by atoms with van der Waals surface area (Å²) in [6.45, 7) is 1.28. The van der Waals surface area contributed by atoms with Crippen LogP contribution >= 0.6 is 23.2 Å². The van der Waals surface area contributed by atoms with E-state index in [-0.39, 0.29) is 18.7 Å². The first-order valence-corrected chi connectivity index (χ1v) is 8.20. The molecule has 1 N–H and O–H groups in total. The molecule has 0 spiro atoms. The van der Waals surface area contributed by atoms with Gasteiger partial charge in [0.1, 0.15) is 0 Å². The van der Waals surface area contributed by atoms with Crippen molar-refractivity contribution in [3.63, 3.8) is 0 Å². The van der Waals surface area contributed by atoms with Crippen molar-refractivity contribution in [1.82, 2.24) is 14.7 Å². The summed E-state index contributed by atoms with van der Waals surface area (Å²) in [7, 11) is 0. The normalized spacial score (nSPS) is 20.1. The van der Waals surface area contributed by atoms with Gasteiger partial charge in [0.25, 0.3) is 5.91 Å². The molecule has 1 unspecified atom stereocenters. The number of carboxylic acids is 1. The van der Waals surface area contributed by atoms with Crippen LogP contribution in [0, 0.1) is 6.92 Å². The number of halogens is 3. The molecule has 9 heteroatoms. The van der Waals surface area contributed by atoms with Crippen LogP contribution < -0.4 is 0 Å². The predicted octanol–water partition coefficient (Wildman–Crippen LogP) is 3.13. The Morgan fingerprint density at radius 1 is 1.32 bits per heavy atom. The number of benzene rings is 1. The van der Waals surface area contributed by atoms with Crippen molar-refractivity contribution >= 4 is 35.1 Å². The molecule has 1 amide bonds. The highest BCUT2D eigenvalue weighted by atomic mass is 35.5. The Morgan fingerprint density at radius 3 is 2.64 bits per heavy atom. The minimum absolute atomic E-state index is 0.0231. The number of hydrogen-bond acceptors (Lipinski definition) is 3. The lowest BCUT2D eigenvalue weighted by Gasteiger charge is -2.16. The fourth-order valence-corrected chi connectivity index (χ4v) is 3.25. The van der Waals surface area contributed by atoms with Gasteiger partial charge < -0.3 is 10.0 Å². The quantitative estimate of drug-likeness (QED) is 0.880. The predicted molar refractivity (Wildman–Crippen MR) is 90.3 cm³/mol. The summed E-state index contributed by atoms with van der Waals surface area (Å²) in [5, 5.41) is 14.0. The number of carbonyl (C=O) groups excluding carboxylic acids is 1. The highest BCUT2D eigenvalue weighted by Crippen LogP contribution is 2.28. The lowest BCUT2D eigenvalue weighted by molar-refractivity contribution is -0.149. The van der Waals surface area contributed by atoms with Crippen LogP contribution in [0.5, 0.6) is 0 Å². The second kappa shape index (κ2) is 6.31. The molecule has 0 aliphatic carbocycles. The van der Waals surface area contributed by atoms with Gasteiger partial charge in [-0.15, -0.1) is 0 Å².